The van der Waals surface area contributed by atoms with Crippen LogP contribution in [0.2, 0.25) is 0 Å². The van der Waals surface area contributed by atoms with Crippen LogP contribution >= 0.6 is 61.1 Å². The van der Waals surface area contributed by atoms with Crippen LogP contribution in [0.4, 0.5) is 0 Å². The first kappa shape index (κ1) is 25.2. The van der Waals surface area contributed by atoms with Gasteiger partial charge in [0.05, 0.1) is 7.14 Å². The highest BCUT2D eigenvalue weighted by Gasteiger charge is 2.24. The summed E-state index contributed by atoms with van der Waals surface area (Å²) in [6, 6.07) is 30.0. The Hall–Kier alpha value is -2.50. The third-order valence-electron chi connectivity index (χ3n) is 5.48. The van der Waals surface area contributed by atoms with Gasteiger partial charge in [-0.1, -0.05) is 70.5 Å². The zero-order chi connectivity index (χ0) is 25.1. The van der Waals surface area contributed by atoms with Crippen LogP contribution in [-0.2, 0) is 16.1 Å². The number of halogens is 3. The molecule has 178 valence electrons. The monoisotopic (exact) mass is 761 g/mol. The van der Waals surface area contributed by atoms with Crippen molar-refractivity contribution < 1.29 is 14.3 Å². The highest BCUT2D eigenvalue weighted by atomic mass is 127. The summed E-state index contributed by atoms with van der Waals surface area (Å²) in [6.45, 7) is 0.475. The maximum Gasteiger partial charge on any atom is 0.363 e. The van der Waals surface area contributed by atoms with Crippen molar-refractivity contribution in [1.29, 1.82) is 0 Å². The Labute approximate surface area is 244 Å². The maximum atomic E-state index is 12.5. The Bertz CT molecular complexity index is 1460. The van der Waals surface area contributed by atoms with E-state index >= 15 is 0 Å². The van der Waals surface area contributed by atoms with E-state index in [1.807, 2.05) is 78.9 Å². The highest BCUT2D eigenvalue weighted by molar-refractivity contribution is 14.1. The van der Waals surface area contributed by atoms with Crippen molar-refractivity contribution >= 4 is 79.1 Å². The van der Waals surface area contributed by atoms with Gasteiger partial charge in [0.15, 0.2) is 5.70 Å². The minimum absolute atomic E-state index is 0.271. The van der Waals surface area contributed by atoms with E-state index in [4.69, 9.17) is 9.47 Å². The molecule has 4 aromatic rings. The van der Waals surface area contributed by atoms with Crippen molar-refractivity contribution in [3.8, 4) is 16.9 Å². The second-order valence-corrected chi connectivity index (χ2v) is 11.2. The largest absolute Gasteiger partial charge is 0.487 e. The molecule has 0 aromatic heterocycles. The van der Waals surface area contributed by atoms with Crippen LogP contribution in [0.3, 0.4) is 0 Å². The minimum atomic E-state index is -0.460. The molecule has 0 unspecified atom stereocenters. The summed E-state index contributed by atoms with van der Waals surface area (Å²) in [6.07, 6.45) is 1.75. The normalized spacial score (nSPS) is 14.0. The number of rotatable bonds is 6. The summed E-state index contributed by atoms with van der Waals surface area (Å²) < 4.78 is 14.5. The molecule has 0 atom stereocenters. The summed E-state index contributed by atoms with van der Waals surface area (Å²) in [4.78, 5) is 17.0. The van der Waals surface area contributed by atoms with Crippen LogP contribution in [-0.4, -0.2) is 11.9 Å². The van der Waals surface area contributed by atoms with Gasteiger partial charge in [-0.3, -0.25) is 0 Å². The SMILES string of the molecule is O=C1OC(c2ccc(-c3ccccc3)cc2)=N/C1=C\c1cc(I)c(OCc2ccc(Br)cc2)c(I)c1. The van der Waals surface area contributed by atoms with E-state index < -0.39 is 5.97 Å². The van der Waals surface area contributed by atoms with Crippen LogP contribution < -0.4 is 4.74 Å². The standard InChI is InChI=1S/C29H18BrI2NO3/c30-23-12-6-18(7-13-23)17-35-27-24(31)14-19(15-25(27)32)16-26-29(34)36-28(33-26)22-10-8-21(9-11-22)20-4-2-1-3-5-20/h1-16H,17H2/b26-16-. The van der Waals surface area contributed by atoms with Crippen LogP contribution in [0.25, 0.3) is 17.2 Å². The molecule has 1 heterocycles. The molecule has 5 rings (SSSR count). The third kappa shape index (κ3) is 5.90. The molecule has 1 aliphatic heterocycles. The first-order chi connectivity index (χ1) is 17.5. The summed E-state index contributed by atoms with van der Waals surface area (Å²) in [7, 11) is 0. The van der Waals surface area contributed by atoms with E-state index in [-0.39, 0.29) is 5.70 Å². The molecule has 0 amide bonds. The summed E-state index contributed by atoms with van der Waals surface area (Å²) >= 11 is 7.96. The maximum absolute atomic E-state index is 12.5. The summed E-state index contributed by atoms with van der Waals surface area (Å²) in [5.41, 5.74) is 5.19. The second kappa shape index (κ2) is 11.3. The number of hydrogen-bond acceptors (Lipinski definition) is 4. The zero-order valence-corrected chi connectivity index (χ0v) is 24.7. The fourth-order valence-corrected chi connectivity index (χ4v) is 6.06. The first-order valence-corrected chi connectivity index (χ1v) is 14.0. The molecule has 0 saturated carbocycles. The van der Waals surface area contributed by atoms with Gasteiger partial charge in [-0.15, -0.1) is 0 Å². The second-order valence-electron chi connectivity index (χ2n) is 8.01. The highest BCUT2D eigenvalue weighted by Crippen LogP contribution is 2.31. The number of aliphatic imine (C=N–C) groups is 1. The van der Waals surface area contributed by atoms with Gasteiger partial charge in [0.1, 0.15) is 12.4 Å². The molecule has 7 heteroatoms. The molecule has 4 aromatic carbocycles. The van der Waals surface area contributed by atoms with E-state index in [0.29, 0.717) is 12.5 Å². The molecule has 36 heavy (non-hydrogen) atoms. The Kier molecular flexibility index (Phi) is 7.87. The number of carbonyl (C=O) groups excluding carboxylic acids is 1. The number of ether oxygens (including phenoxy) is 2. The van der Waals surface area contributed by atoms with E-state index in [2.05, 4.69) is 78.2 Å². The Balaban J connectivity index is 1.33. The van der Waals surface area contributed by atoms with Crippen molar-refractivity contribution in [2.45, 2.75) is 6.61 Å². The summed E-state index contributed by atoms with van der Waals surface area (Å²) in [5, 5.41) is 0. The third-order valence-corrected chi connectivity index (χ3v) is 7.61. The lowest BCUT2D eigenvalue weighted by molar-refractivity contribution is -0.129. The molecular formula is C29H18BrI2NO3. The van der Waals surface area contributed by atoms with Crippen molar-refractivity contribution in [3.63, 3.8) is 0 Å². The Morgan fingerprint density at radius 2 is 1.44 bits per heavy atom. The van der Waals surface area contributed by atoms with Gasteiger partial charge in [-0.25, -0.2) is 9.79 Å². The predicted octanol–water partition coefficient (Wildman–Crippen LogP) is 8.25. The fourth-order valence-electron chi connectivity index (χ4n) is 3.66. The molecule has 0 fully saturated rings. The van der Waals surface area contributed by atoms with E-state index in [1.54, 1.807) is 6.08 Å². The lowest BCUT2D eigenvalue weighted by atomic mass is 10.0. The molecule has 4 nitrogen and oxygen atoms in total. The van der Waals surface area contributed by atoms with Gasteiger partial charge >= 0.3 is 5.97 Å². The van der Waals surface area contributed by atoms with Gasteiger partial charge < -0.3 is 9.47 Å². The summed E-state index contributed by atoms with van der Waals surface area (Å²) in [5.74, 6) is 0.667. The molecule has 0 spiro atoms. The van der Waals surface area contributed by atoms with Crippen LogP contribution in [0.1, 0.15) is 16.7 Å². The number of esters is 1. The lowest BCUT2D eigenvalue weighted by Gasteiger charge is -2.11. The zero-order valence-electron chi connectivity index (χ0n) is 18.8. The minimum Gasteiger partial charge on any atom is -0.487 e. The Morgan fingerprint density at radius 3 is 2.11 bits per heavy atom. The van der Waals surface area contributed by atoms with Gasteiger partial charge in [0.25, 0.3) is 0 Å². The predicted molar refractivity (Wildman–Crippen MR) is 163 cm³/mol. The number of benzene rings is 4. The molecule has 1 aliphatic rings. The molecule has 0 saturated heterocycles. The fraction of sp³-hybridized carbons (Fsp3) is 0.0345. The van der Waals surface area contributed by atoms with E-state index in [1.165, 1.54) is 0 Å². The van der Waals surface area contributed by atoms with E-state index in [0.717, 1.165) is 45.2 Å². The first-order valence-electron chi connectivity index (χ1n) is 11.0. The quantitative estimate of drug-likeness (QED) is 0.113. The average molecular weight is 762 g/mol. The molecule has 0 aliphatic carbocycles. The van der Waals surface area contributed by atoms with Crippen LogP contribution in [0.15, 0.2) is 106 Å². The van der Waals surface area contributed by atoms with Crippen molar-refractivity contribution in [3.05, 3.63) is 125 Å². The average Bonchev–Trinajstić information content (AvgIpc) is 3.25. The molecule has 0 radical (unpaired) electrons. The van der Waals surface area contributed by atoms with Gasteiger partial charge in [0.2, 0.25) is 5.90 Å². The number of nitrogens with zero attached hydrogens (tertiary/aromatic N) is 1. The van der Waals surface area contributed by atoms with Crippen molar-refractivity contribution in [2.24, 2.45) is 4.99 Å². The molecule has 0 bridgehead atoms. The van der Waals surface area contributed by atoms with Gasteiger partial charge in [-0.05, 0) is 110 Å². The number of cyclic esters (lactones) is 1. The number of carbonyl (C=O) groups is 1. The van der Waals surface area contributed by atoms with Crippen LogP contribution in [0, 0.1) is 7.14 Å². The molecular weight excluding hydrogens is 744 g/mol. The molecule has 0 N–H and O–H groups in total. The van der Waals surface area contributed by atoms with E-state index in [9.17, 15) is 4.79 Å². The van der Waals surface area contributed by atoms with Crippen LogP contribution in [0.5, 0.6) is 5.75 Å². The van der Waals surface area contributed by atoms with Crippen molar-refractivity contribution in [2.75, 3.05) is 0 Å². The smallest absolute Gasteiger partial charge is 0.363 e. The van der Waals surface area contributed by atoms with Gasteiger partial charge in [-0.2, -0.15) is 0 Å². The number of hydrogen-bond donors (Lipinski definition) is 0. The lowest BCUT2D eigenvalue weighted by Crippen LogP contribution is -2.05. The Morgan fingerprint density at radius 1 is 0.833 bits per heavy atom. The van der Waals surface area contributed by atoms with Crippen molar-refractivity contribution in [1.82, 2.24) is 0 Å². The van der Waals surface area contributed by atoms with Gasteiger partial charge in [0, 0.05) is 10.0 Å². The topological polar surface area (TPSA) is 47.9 Å².